The summed E-state index contributed by atoms with van der Waals surface area (Å²) in [5.41, 5.74) is 4.11. The van der Waals surface area contributed by atoms with E-state index in [1.807, 2.05) is 13.1 Å². The van der Waals surface area contributed by atoms with Crippen LogP contribution in [-0.4, -0.2) is 15.3 Å². The van der Waals surface area contributed by atoms with Crippen molar-refractivity contribution in [1.82, 2.24) is 9.55 Å². The molecule has 2 heterocycles. The molecule has 0 fully saturated rings. The second-order valence-corrected chi connectivity index (χ2v) is 5.03. The van der Waals surface area contributed by atoms with Crippen LogP contribution in [0, 0.1) is 5.41 Å². The van der Waals surface area contributed by atoms with Crippen LogP contribution in [0.25, 0.3) is 11.0 Å². The molecule has 1 N–H and O–H groups in total. The number of rotatable bonds is 0. The molecule has 16 heavy (non-hydrogen) atoms. The summed E-state index contributed by atoms with van der Waals surface area (Å²) in [5.74, 6) is 0. The number of nitrogens with zero attached hydrogens (tertiary/aromatic N) is 2. The topological polar surface area (TPSA) is 41.7 Å². The van der Waals surface area contributed by atoms with E-state index < -0.39 is 0 Å². The molecular formula is C12H12BrN3. The first-order valence-electron chi connectivity index (χ1n) is 5.40. The fourth-order valence-corrected chi connectivity index (χ4v) is 2.81. The van der Waals surface area contributed by atoms with Crippen molar-refractivity contribution in [3.63, 3.8) is 0 Å². The lowest BCUT2D eigenvalue weighted by Crippen LogP contribution is -2.11. The minimum atomic E-state index is 0.760. The summed E-state index contributed by atoms with van der Waals surface area (Å²) < 4.78 is 2.98. The number of hydrogen-bond acceptors (Lipinski definition) is 2. The summed E-state index contributed by atoms with van der Waals surface area (Å²) >= 11 is 3.40. The Morgan fingerprint density at radius 1 is 1.38 bits per heavy atom. The highest BCUT2D eigenvalue weighted by atomic mass is 79.9. The Hall–Kier alpha value is -1.16. The molecule has 0 saturated carbocycles. The molecule has 0 atom stereocenters. The van der Waals surface area contributed by atoms with Gasteiger partial charge in [-0.2, -0.15) is 0 Å². The third kappa shape index (κ3) is 1.26. The molecule has 0 unspecified atom stereocenters. The van der Waals surface area contributed by atoms with Gasteiger partial charge in [0.2, 0.25) is 0 Å². The highest BCUT2D eigenvalue weighted by molar-refractivity contribution is 9.10. The largest absolute Gasteiger partial charge is 0.332 e. The van der Waals surface area contributed by atoms with E-state index in [0.29, 0.717) is 0 Å². The Labute approximate surface area is 102 Å². The minimum absolute atomic E-state index is 0.760. The number of aryl methyl sites for hydroxylation is 1. The van der Waals surface area contributed by atoms with Crippen LogP contribution in [0.15, 0.2) is 16.7 Å². The quantitative estimate of drug-likeness (QED) is 0.739. The molecule has 0 saturated heterocycles. The highest BCUT2D eigenvalue weighted by Gasteiger charge is 2.22. The van der Waals surface area contributed by atoms with Gasteiger partial charge in [-0.15, -0.1) is 0 Å². The number of hydrogen-bond donors (Lipinski definition) is 1. The normalized spacial score (nSPS) is 15.5. The molecule has 0 bridgehead atoms. The SMILES string of the molecule is Cn1c2c(c3ccc(Br)nc31)C(=N)CCC2. The lowest BCUT2D eigenvalue weighted by atomic mass is 9.94. The molecule has 4 heteroatoms. The predicted octanol–water partition coefficient (Wildman–Crippen LogP) is 3.04. The first-order chi connectivity index (χ1) is 7.68. The van der Waals surface area contributed by atoms with Crippen LogP contribution < -0.4 is 0 Å². The van der Waals surface area contributed by atoms with E-state index in [1.165, 1.54) is 5.69 Å². The van der Waals surface area contributed by atoms with Gasteiger partial charge in [0.15, 0.2) is 0 Å². The molecule has 0 spiro atoms. The van der Waals surface area contributed by atoms with Crippen LogP contribution in [0.5, 0.6) is 0 Å². The molecule has 0 aromatic carbocycles. The van der Waals surface area contributed by atoms with Crippen molar-refractivity contribution in [2.24, 2.45) is 7.05 Å². The lowest BCUT2D eigenvalue weighted by Gasteiger charge is -2.14. The summed E-state index contributed by atoms with van der Waals surface area (Å²) in [6, 6.07) is 4.01. The fraction of sp³-hybridized carbons (Fsp3) is 0.333. The van der Waals surface area contributed by atoms with Crippen LogP contribution in [0.1, 0.15) is 24.1 Å². The van der Waals surface area contributed by atoms with Gasteiger partial charge in [-0.1, -0.05) is 0 Å². The Bertz CT molecular complexity index is 598. The summed E-state index contributed by atoms with van der Waals surface area (Å²) in [6.45, 7) is 0. The van der Waals surface area contributed by atoms with E-state index >= 15 is 0 Å². The van der Waals surface area contributed by atoms with Gasteiger partial charge < -0.3 is 9.98 Å². The molecule has 3 nitrogen and oxygen atoms in total. The molecular weight excluding hydrogens is 266 g/mol. The number of nitrogens with one attached hydrogen (secondary N) is 1. The van der Waals surface area contributed by atoms with Crippen molar-refractivity contribution >= 4 is 32.7 Å². The minimum Gasteiger partial charge on any atom is -0.332 e. The first kappa shape index (κ1) is 10.0. The third-order valence-electron chi connectivity index (χ3n) is 3.26. The third-order valence-corrected chi connectivity index (χ3v) is 3.71. The first-order valence-corrected chi connectivity index (χ1v) is 6.19. The van der Waals surface area contributed by atoms with Gasteiger partial charge >= 0.3 is 0 Å². The average Bonchev–Trinajstić information content (AvgIpc) is 2.55. The van der Waals surface area contributed by atoms with E-state index in [-0.39, 0.29) is 0 Å². The van der Waals surface area contributed by atoms with Gasteiger partial charge in [-0.3, -0.25) is 0 Å². The van der Waals surface area contributed by atoms with Crippen LogP contribution >= 0.6 is 15.9 Å². The molecule has 0 aliphatic heterocycles. The lowest BCUT2D eigenvalue weighted by molar-refractivity contribution is 0.755. The summed E-state index contributed by atoms with van der Waals surface area (Å²) in [7, 11) is 2.04. The molecule has 1 aliphatic rings. The second-order valence-electron chi connectivity index (χ2n) is 4.22. The maximum absolute atomic E-state index is 8.07. The molecule has 2 aromatic rings. The van der Waals surface area contributed by atoms with Crippen LogP contribution in [0.4, 0.5) is 0 Å². The van der Waals surface area contributed by atoms with Gasteiger partial charge in [0.1, 0.15) is 10.3 Å². The zero-order valence-electron chi connectivity index (χ0n) is 9.05. The zero-order chi connectivity index (χ0) is 11.3. The van der Waals surface area contributed by atoms with E-state index in [4.69, 9.17) is 5.41 Å². The van der Waals surface area contributed by atoms with E-state index in [1.54, 1.807) is 0 Å². The molecule has 82 valence electrons. The summed E-state index contributed by atoms with van der Waals surface area (Å²) in [4.78, 5) is 4.50. The van der Waals surface area contributed by atoms with Gasteiger partial charge in [0.25, 0.3) is 0 Å². The van der Waals surface area contributed by atoms with Gasteiger partial charge in [0.05, 0.1) is 0 Å². The maximum atomic E-state index is 8.07. The predicted molar refractivity (Wildman–Crippen MR) is 68.2 cm³/mol. The fourth-order valence-electron chi connectivity index (χ4n) is 2.51. The number of halogens is 1. The number of pyridine rings is 1. The Morgan fingerprint density at radius 3 is 3.00 bits per heavy atom. The maximum Gasteiger partial charge on any atom is 0.141 e. The van der Waals surface area contributed by atoms with Crippen molar-refractivity contribution in [2.45, 2.75) is 19.3 Å². The van der Waals surface area contributed by atoms with Crippen LogP contribution in [0.3, 0.4) is 0 Å². The smallest absolute Gasteiger partial charge is 0.141 e. The molecule has 1 aliphatic carbocycles. The number of aromatic nitrogens is 2. The van der Waals surface area contributed by atoms with Crippen molar-refractivity contribution < 1.29 is 0 Å². The van der Waals surface area contributed by atoms with Crippen molar-refractivity contribution in [2.75, 3.05) is 0 Å². The van der Waals surface area contributed by atoms with Gasteiger partial charge in [-0.25, -0.2) is 4.98 Å². The van der Waals surface area contributed by atoms with E-state index in [2.05, 4.69) is 31.5 Å². The zero-order valence-corrected chi connectivity index (χ0v) is 10.6. The van der Waals surface area contributed by atoms with Crippen molar-refractivity contribution in [3.8, 4) is 0 Å². The average molecular weight is 278 g/mol. The number of fused-ring (bicyclic) bond motifs is 3. The molecule has 2 aromatic heterocycles. The summed E-state index contributed by atoms with van der Waals surface area (Å²) in [5, 5.41) is 9.18. The van der Waals surface area contributed by atoms with Gasteiger partial charge in [-0.05, 0) is 47.3 Å². The Morgan fingerprint density at radius 2 is 2.19 bits per heavy atom. The monoisotopic (exact) mass is 277 g/mol. The van der Waals surface area contributed by atoms with Crippen molar-refractivity contribution in [3.05, 3.63) is 28.0 Å². The van der Waals surface area contributed by atoms with Gasteiger partial charge in [0, 0.05) is 29.4 Å². The van der Waals surface area contributed by atoms with E-state index in [9.17, 15) is 0 Å². The standard InChI is InChI=1S/C12H12BrN3/c1-16-9-4-2-3-8(14)11(9)7-5-6-10(13)15-12(7)16/h5-6,14H,2-4H2,1H3. The van der Waals surface area contributed by atoms with E-state index in [0.717, 1.165) is 46.2 Å². The molecule has 3 rings (SSSR count). The molecule has 0 amide bonds. The van der Waals surface area contributed by atoms with Crippen molar-refractivity contribution in [1.29, 1.82) is 5.41 Å². The second kappa shape index (κ2) is 3.42. The highest BCUT2D eigenvalue weighted by Crippen LogP contribution is 2.31. The summed E-state index contributed by atoms with van der Waals surface area (Å²) in [6.07, 6.45) is 3.03. The Balaban J connectivity index is 2.44. The van der Waals surface area contributed by atoms with Crippen LogP contribution in [0.2, 0.25) is 0 Å². The molecule has 0 radical (unpaired) electrons. The van der Waals surface area contributed by atoms with Crippen LogP contribution in [-0.2, 0) is 13.5 Å². The Kier molecular flexibility index (Phi) is 2.14.